The molecule has 0 aliphatic carbocycles. The Bertz CT molecular complexity index is 1110. The monoisotopic (exact) mass is 423 g/mol. The van der Waals surface area contributed by atoms with Gasteiger partial charge in [0.1, 0.15) is 24.7 Å². The Hall–Kier alpha value is -3.32. The fraction of sp³-hybridized carbons (Fsp3) is 0.227. The van der Waals surface area contributed by atoms with E-state index in [9.17, 15) is 4.79 Å². The van der Waals surface area contributed by atoms with Crippen LogP contribution in [-0.2, 0) is 24.5 Å². The zero-order valence-electron chi connectivity index (χ0n) is 16.4. The van der Waals surface area contributed by atoms with Crippen molar-refractivity contribution >= 4 is 28.5 Å². The van der Waals surface area contributed by atoms with E-state index in [2.05, 4.69) is 15.3 Å². The summed E-state index contributed by atoms with van der Waals surface area (Å²) in [6.45, 7) is 1.85. The van der Waals surface area contributed by atoms with Crippen LogP contribution >= 0.6 is 11.6 Å². The molecule has 4 aromatic rings. The van der Waals surface area contributed by atoms with Gasteiger partial charge >= 0.3 is 0 Å². The van der Waals surface area contributed by atoms with Gasteiger partial charge in [0.15, 0.2) is 0 Å². The van der Waals surface area contributed by atoms with Crippen molar-refractivity contribution in [1.82, 2.24) is 24.4 Å². The molecule has 8 heteroatoms. The third kappa shape index (κ3) is 4.99. The summed E-state index contributed by atoms with van der Waals surface area (Å²) in [5.41, 5.74) is 1.74. The minimum absolute atomic E-state index is 0.0588. The predicted octanol–water partition coefficient (Wildman–Crippen LogP) is 3.67. The van der Waals surface area contributed by atoms with Crippen molar-refractivity contribution in [3.05, 3.63) is 78.1 Å². The summed E-state index contributed by atoms with van der Waals surface area (Å²) in [6, 6.07) is 14.9. The molecule has 0 fully saturated rings. The van der Waals surface area contributed by atoms with Crippen LogP contribution in [-0.4, -0.2) is 31.6 Å². The number of benzene rings is 2. The summed E-state index contributed by atoms with van der Waals surface area (Å²) in [7, 11) is 0. The Labute approximate surface area is 179 Å². The van der Waals surface area contributed by atoms with Gasteiger partial charge in [0.05, 0.1) is 17.4 Å². The molecule has 0 spiro atoms. The highest BCUT2D eigenvalue weighted by molar-refractivity contribution is 6.30. The van der Waals surface area contributed by atoms with Gasteiger partial charge in [-0.2, -0.15) is 0 Å². The highest BCUT2D eigenvalue weighted by Gasteiger charge is 2.14. The van der Waals surface area contributed by atoms with Crippen LogP contribution in [0.25, 0.3) is 11.0 Å². The van der Waals surface area contributed by atoms with E-state index in [1.165, 1.54) is 0 Å². The zero-order valence-corrected chi connectivity index (χ0v) is 17.1. The molecule has 0 atom stereocenters. The molecule has 2 aromatic carbocycles. The SMILES string of the molecule is O=C(Cn1c(COc2ccc(Cl)cc2)nc2ccccc21)NCCCn1ccnc1. The lowest BCUT2D eigenvalue weighted by atomic mass is 10.3. The van der Waals surface area contributed by atoms with E-state index < -0.39 is 0 Å². The zero-order chi connectivity index (χ0) is 20.8. The number of aryl methyl sites for hydroxylation is 1. The Balaban J connectivity index is 1.40. The average Bonchev–Trinajstić information content (AvgIpc) is 3.39. The highest BCUT2D eigenvalue weighted by atomic mass is 35.5. The van der Waals surface area contributed by atoms with Crippen LogP contribution < -0.4 is 10.1 Å². The largest absolute Gasteiger partial charge is 0.486 e. The van der Waals surface area contributed by atoms with Gasteiger partial charge in [0.2, 0.25) is 5.91 Å². The number of carbonyl (C=O) groups excluding carboxylic acids is 1. The van der Waals surface area contributed by atoms with Crippen LogP contribution in [0.5, 0.6) is 5.75 Å². The van der Waals surface area contributed by atoms with Crippen LogP contribution in [0.1, 0.15) is 12.2 Å². The lowest BCUT2D eigenvalue weighted by Crippen LogP contribution is -2.29. The molecule has 0 unspecified atom stereocenters. The molecule has 0 radical (unpaired) electrons. The summed E-state index contributed by atoms with van der Waals surface area (Å²) < 4.78 is 9.74. The number of fused-ring (bicyclic) bond motifs is 1. The molecule has 0 saturated carbocycles. The number of carbonyl (C=O) groups is 1. The molecule has 0 aliphatic rings. The smallest absolute Gasteiger partial charge is 0.240 e. The third-order valence-corrected chi connectivity index (χ3v) is 4.94. The van der Waals surface area contributed by atoms with Gasteiger partial charge in [-0.1, -0.05) is 23.7 Å². The van der Waals surface area contributed by atoms with Crippen LogP contribution in [0.3, 0.4) is 0 Å². The maximum absolute atomic E-state index is 12.5. The van der Waals surface area contributed by atoms with Gasteiger partial charge in [-0.25, -0.2) is 9.97 Å². The second kappa shape index (κ2) is 9.45. The van der Waals surface area contributed by atoms with Gasteiger partial charge in [-0.3, -0.25) is 4.79 Å². The Morgan fingerprint density at radius 1 is 1.13 bits per heavy atom. The van der Waals surface area contributed by atoms with Crippen LogP contribution in [0.15, 0.2) is 67.3 Å². The van der Waals surface area contributed by atoms with Crippen LogP contribution in [0.4, 0.5) is 0 Å². The van der Waals surface area contributed by atoms with Crippen LogP contribution in [0, 0.1) is 0 Å². The molecular formula is C22H22ClN5O2. The van der Waals surface area contributed by atoms with Gasteiger partial charge in [0, 0.05) is 30.5 Å². The van der Waals surface area contributed by atoms with Crippen molar-refractivity contribution < 1.29 is 9.53 Å². The fourth-order valence-electron chi connectivity index (χ4n) is 3.20. The van der Waals surface area contributed by atoms with Crippen molar-refractivity contribution in [3.63, 3.8) is 0 Å². The standard InChI is InChI=1S/C22H22ClN5O2/c23-17-6-8-18(9-7-17)30-15-21-26-19-4-1-2-5-20(19)28(21)14-22(29)25-10-3-12-27-13-11-24-16-27/h1-2,4-9,11,13,16H,3,10,12,14-15H2,(H,25,29). The van der Waals surface area contributed by atoms with E-state index >= 15 is 0 Å². The summed E-state index contributed by atoms with van der Waals surface area (Å²) in [4.78, 5) is 21.2. The van der Waals surface area contributed by atoms with E-state index in [0.717, 1.165) is 24.0 Å². The quantitative estimate of drug-likeness (QED) is 0.417. The number of amides is 1. The maximum Gasteiger partial charge on any atom is 0.240 e. The van der Waals surface area contributed by atoms with Crippen molar-refractivity contribution in [2.24, 2.45) is 0 Å². The van der Waals surface area contributed by atoms with Gasteiger partial charge in [0.25, 0.3) is 0 Å². The van der Waals surface area contributed by atoms with E-state index in [1.807, 2.05) is 51.7 Å². The van der Waals surface area contributed by atoms with Crippen molar-refractivity contribution in [2.45, 2.75) is 26.1 Å². The molecule has 2 aromatic heterocycles. The number of halogens is 1. The number of nitrogens with zero attached hydrogens (tertiary/aromatic N) is 4. The van der Waals surface area contributed by atoms with E-state index in [1.54, 1.807) is 24.7 Å². The molecule has 4 rings (SSSR count). The summed E-state index contributed by atoms with van der Waals surface area (Å²) in [5, 5.41) is 3.63. The normalized spacial score (nSPS) is 11.0. The number of ether oxygens (including phenoxy) is 1. The topological polar surface area (TPSA) is 74.0 Å². The Morgan fingerprint density at radius 3 is 2.77 bits per heavy atom. The molecule has 1 N–H and O–H groups in total. The third-order valence-electron chi connectivity index (χ3n) is 4.69. The number of aromatic nitrogens is 4. The predicted molar refractivity (Wildman–Crippen MR) is 115 cm³/mol. The minimum atomic E-state index is -0.0588. The molecule has 7 nitrogen and oxygen atoms in total. The molecule has 154 valence electrons. The average molecular weight is 424 g/mol. The summed E-state index contributed by atoms with van der Waals surface area (Å²) in [5.74, 6) is 1.33. The second-order valence-electron chi connectivity index (χ2n) is 6.85. The summed E-state index contributed by atoms with van der Waals surface area (Å²) >= 11 is 5.92. The number of hydrogen-bond donors (Lipinski definition) is 1. The first-order chi connectivity index (χ1) is 14.7. The Morgan fingerprint density at radius 2 is 1.97 bits per heavy atom. The number of nitrogens with one attached hydrogen (secondary N) is 1. The lowest BCUT2D eigenvalue weighted by Gasteiger charge is -2.11. The van der Waals surface area contributed by atoms with E-state index in [-0.39, 0.29) is 19.1 Å². The summed E-state index contributed by atoms with van der Waals surface area (Å²) in [6.07, 6.45) is 6.26. The van der Waals surface area contributed by atoms with Crippen molar-refractivity contribution in [2.75, 3.05) is 6.54 Å². The van der Waals surface area contributed by atoms with Gasteiger partial charge in [-0.05, 0) is 42.8 Å². The van der Waals surface area contributed by atoms with Gasteiger partial charge in [-0.15, -0.1) is 0 Å². The number of hydrogen-bond acceptors (Lipinski definition) is 4. The van der Waals surface area contributed by atoms with Crippen molar-refractivity contribution in [3.8, 4) is 5.75 Å². The number of imidazole rings is 2. The van der Waals surface area contributed by atoms with Gasteiger partial charge < -0.3 is 19.2 Å². The molecular weight excluding hydrogens is 402 g/mol. The maximum atomic E-state index is 12.5. The van der Waals surface area contributed by atoms with E-state index in [4.69, 9.17) is 16.3 Å². The first kappa shape index (κ1) is 20.0. The van der Waals surface area contributed by atoms with E-state index in [0.29, 0.717) is 23.1 Å². The Kier molecular flexibility index (Phi) is 6.29. The number of rotatable bonds is 9. The minimum Gasteiger partial charge on any atom is -0.486 e. The molecule has 30 heavy (non-hydrogen) atoms. The van der Waals surface area contributed by atoms with Crippen molar-refractivity contribution in [1.29, 1.82) is 0 Å². The molecule has 1 amide bonds. The van der Waals surface area contributed by atoms with Crippen LogP contribution in [0.2, 0.25) is 5.02 Å². The first-order valence-electron chi connectivity index (χ1n) is 9.74. The molecule has 0 saturated heterocycles. The molecule has 0 aliphatic heterocycles. The fourth-order valence-corrected chi connectivity index (χ4v) is 3.32. The highest BCUT2D eigenvalue weighted by Crippen LogP contribution is 2.20. The molecule has 2 heterocycles. The second-order valence-corrected chi connectivity index (χ2v) is 7.29. The number of para-hydroxylation sites is 2. The first-order valence-corrected chi connectivity index (χ1v) is 10.1. The lowest BCUT2D eigenvalue weighted by molar-refractivity contribution is -0.121. The molecule has 0 bridgehead atoms.